The molecule has 2 aromatic rings. The first kappa shape index (κ1) is 35.2. The van der Waals surface area contributed by atoms with E-state index in [1.807, 2.05) is 60.7 Å². The molecule has 0 radical (unpaired) electrons. The molecule has 41 heavy (non-hydrogen) atoms. The predicted molar refractivity (Wildman–Crippen MR) is 152 cm³/mol. The van der Waals surface area contributed by atoms with Crippen LogP contribution in [0.4, 0.5) is 0 Å². The topological polar surface area (TPSA) is 158 Å². The van der Waals surface area contributed by atoms with Gasteiger partial charge in [-0.15, -0.1) is 0 Å². The number of ether oxygens (including phenoxy) is 4. The first-order valence-corrected chi connectivity index (χ1v) is 14.3. The smallest absolute Gasteiger partial charge is 0.147 e. The normalized spacial score (nSPS) is 16.1. The van der Waals surface area contributed by atoms with Crippen LogP contribution in [0.15, 0.2) is 60.7 Å². The summed E-state index contributed by atoms with van der Waals surface area (Å²) in [4.78, 5) is 0. The first-order valence-electron chi connectivity index (χ1n) is 14.3. The number of rotatable bonds is 24. The molecule has 6 N–H and O–H groups in total. The maximum atomic E-state index is 10.5. The standard InChI is InChI=1S/C31H48O10/c32-13-11-30(40-22-38-20-24-7-3-1-4-8-24)18-28(36)16-26(34)15-27(35)17-29(37)19-31(12-14-33)41-23-39-21-25-9-5-2-6-10-25/h1-10,26-37H,11-23H2/t26-,27-,28+,29+,30-,31-/m1/s1. The zero-order valence-electron chi connectivity index (χ0n) is 23.7. The Morgan fingerprint density at radius 3 is 1.17 bits per heavy atom. The van der Waals surface area contributed by atoms with Crippen molar-refractivity contribution in [2.75, 3.05) is 26.8 Å². The summed E-state index contributed by atoms with van der Waals surface area (Å²) in [6.07, 6.45) is -3.71. The van der Waals surface area contributed by atoms with E-state index < -0.39 is 36.6 Å². The van der Waals surface area contributed by atoms with Crippen molar-refractivity contribution in [2.45, 2.75) is 94.8 Å². The van der Waals surface area contributed by atoms with Crippen molar-refractivity contribution >= 4 is 0 Å². The Morgan fingerprint density at radius 2 is 0.829 bits per heavy atom. The van der Waals surface area contributed by atoms with Gasteiger partial charge in [0.2, 0.25) is 0 Å². The highest BCUT2D eigenvalue weighted by atomic mass is 16.7. The summed E-state index contributed by atoms with van der Waals surface area (Å²) in [5.41, 5.74) is 2.01. The Morgan fingerprint density at radius 1 is 0.488 bits per heavy atom. The highest BCUT2D eigenvalue weighted by molar-refractivity contribution is 5.14. The summed E-state index contributed by atoms with van der Waals surface area (Å²) < 4.78 is 22.4. The molecule has 0 aliphatic carbocycles. The molecule has 0 spiro atoms. The van der Waals surface area contributed by atoms with Gasteiger partial charge in [0, 0.05) is 13.2 Å². The largest absolute Gasteiger partial charge is 0.396 e. The Bertz CT molecular complexity index is 800. The van der Waals surface area contributed by atoms with Crippen LogP contribution in [0.1, 0.15) is 56.1 Å². The van der Waals surface area contributed by atoms with Crippen molar-refractivity contribution in [3.8, 4) is 0 Å². The summed E-state index contributed by atoms with van der Waals surface area (Å²) in [5, 5.41) is 60.4. The van der Waals surface area contributed by atoms with Gasteiger partial charge in [0.25, 0.3) is 0 Å². The van der Waals surface area contributed by atoms with Crippen molar-refractivity contribution in [1.29, 1.82) is 0 Å². The fraction of sp³-hybridized carbons (Fsp3) is 0.613. The van der Waals surface area contributed by atoms with Crippen molar-refractivity contribution < 1.29 is 49.6 Å². The van der Waals surface area contributed by atoms with Crippen LogP contribution in [0.5, 0.6) is 0 Å². The van der Waals surface area contributed by atoms with Gasteiger partial charge in [-0.1, -0.05) is 60.7 Å². The van der Waals surface area contributed by atoms with Gasteiger partial charge in [-0.3, -0.25) is 0 Å². The Labute approximate surface area is 243 Å². The molecule has 0 saturated heterocycles. The summed E-state index contributed by atoms with van der Waals surface area (Å²) in [5.74, 6) is 0. The second kappa shape index (κ2) is 21.7. The van der Waals surface area contributed by atoms with E-state index in [2.05, 4.69) is 0 Å². The molecule has 10 nitrogen and oxygen atoms in total. The minimum atomic E-state index is -0.993. The highest BCUT2D eigenvalue weighted by Crippen LogP contribution is 2.18. The molecule has 2 aromatic carbocycles. The van der Waals surface area contributed by atoms with Crippen LogP contribution in [-0.2, 0) is 32.2 Å². The number of hydrogen-bond donors (Lipinski definition) is 6. The summed E-state index contributed by atoms with van der Waals surface area (Å²) in [7, 11) is 0. The molecule has 0 fully saturated rings. The summed E-state index contributed by atoms with van der Waals surface area (Å²) >= 11 is 0. The van der Waals surface area contributed by atoms with Crippen LogP contribution >= 0.6 is 0 Å². The van der Waals surface area contributed by atoms with Crippen molar-refractivity contribution in [1.82, 2.24) is 0 Å². The van der Waals surface area contributed by atoms with Gasteiger partial charge in [-0.25, -0.2) is 0 Å². The summed E-state index contributed by atoms with van der Waals surface area (Å²) in [6, 6.07) is 19.3. The fourth-order valence-corrected chi connectivity index (χ4v) is 4.52. The molecule has 0 unspecified atom stereocenters. The SMILES string of the molecule is OCC[C@H](C[C@@H](O)C[C@H](O)C[C@@H](O)C[C@H](O)C[C@@H](CCO)OCOCc1ccccc1)OCOCc1ccccc1. The minimum Gasteiger partial charge on any atom is -0.396 e. The van der Waals surface area contributed by atoms with Crippen LogP contribution in [-0.4, -0.2) is 94.1 Å². The number of benzene rings is 2. The van der Waals surface area contributed by atoms with Crippen molar-refractivity contribution in [3.63, 3.8) is 0 Å². The van der Waals surface area contributed by atoms with Crippen LogP contribution in [0.3, 0.4) is 0 Å². The first-order chi connectivity index (χ1) is 19.9. The van der Waals surface area contributed by atoms with Crippen LogP contribution < -0.4 is 0 Å². The van der Waals surface area contributed by atoms with E-state index in [1.54, 1.807) is 0 Å². The van der Waals surface area contributed by atoms with E-state index in [4.69, 9.17) is 18.9 Å². The maximum Gasteiger partial charge on any atom is 0.147 e. The number of hydrogen-bond acceptors (Lipinski definition) is 10. The Hall–Kier alpha value is -1.96. The maximum absolute atomic E-state index is 10.5. The van der Waals surface area contributed by atoms with E-state index in [9.17, 15) is 30.6 Å². The van der Waals surface area contributed by atoms with Gasteiger partial charge in [0.05, 0.1) is 49.8 Å². The third-order valence-corrected chi connectivity index (χ3v) is 6.60. The quantitative estimate of drug-likeness (QED) is 0.0804. The van der Waals surface area contributed by atoms with E-state index in [1.165, 1.54) is 0 Å². The third-order valence-electron chi connectivity index (χ3n) is 6.60. The molecule has 10 heteroatoms. The lowest BCUT2D eigenvalue weighted by Crippen LogP contribution is -2.30. The monoisotopic (exact) mass is 580 g/mol. The second-order valence-electron chi connectivity index (χ2n) is 10.3. The molecular weight excluding hydrogens is 532 g/mol. The zero-order chi connectivity index (χ0) is 29.7. The average molecular weight is 581 g/mol. The van der Waals surface area contributed by atoms with Crippen molar-refractivity contribution in [3.05, 3.63) is 71.8 Å². The molecule has 6 atom stereocenters. The lowest BCUT2D eigenvalue weighted by atomic mass is 9.96. The molecule has 0 aliphatic heterocycles. The van der Waals surface area contributed by atoms with Crippen LogP contribution in [0, 0.1) is 0 Å². The number of aliphatic hydroxyl groups is 6. The molecule has 0 saturated carbocycles. The lowest BCUT2D eigenvalue weighted by Gasteiger charge is -2.24. The number of aliphatic hydroxyl groups excluding tert-OH is 6. The fourth-order valence-electron chi connectivity index (χ4n) is 4.52. The minimum absolute atomic E-state index is 0.00553. The lowest BCUT2D eigenvalue weighted by molar-refractivity contribution is -0.113. The molecule has 2 rings (SSSR count). The van der Waals surface area contributed by atoms with Gasteiger partial charge >= 0.3 is 0 Å². The van der Waals surface area contributed by atoms with Gasteiger partial charge < -0.3 is 49.6 Å². The van der Waals surface area contributed by atoms with Crippen molar-refractivity contribution in [2.24, 2.45) is 0 Å². The zero-order valence-corrected chi connectivity index (χ0v) is 23.7. The second-order valence-corrected chi connectivity index (χ2v) is 10.3. The van der Waals surface area contributed by atoms with Gasteiger partial charge in [-0.05, 0) is 56.1 Å². The third kappa shape index (κ3) is 16.9. The van der Waals surface area contributed by atoms with Gasteiger partial charge in [0.1, 0.15) is 13.6 Å². The molecule has 232 valence electrons. The molecule has 0 bridgehead atoms. The van der Waals surface area contributed by atoms with Crippen LogP contribution in [0.25, 0.3) is 0 Å². The van der Waals surface area contributed by atoms with E-state index in [0.29, 0.717) is 26.1 Å². The van der Waals surface area contributed by atoms with E-state index in [0.717, 1.165) is 11.1 Å². The van der Waals surface area contributed by atoms with E-state index in [-0.39, 0.29) is 58.9 Å². The molecule has 0 aromatic heterocycles. The highest BCUT2D eigenvalue weighted by Gasteiger charge is 2.23. The molecular formula is C31H48O10. The van der Waals surface area contributed by atoms with Crippen LogP contribution in [0.2, 0.25) is 0 Å². The molecule has 0 amide bonds. The summed E-state index contributed by atoms with van der Waals surface area (Å²) in [6.45, 7) is 0.543. The average Bonchev–Trinajstić information content (AvgIpc) is 2.94. The van der Waals surface area contributed by atoms with E-state index >= 15 is 0 Å². The van der Waals surface area contributed by atoms with Gasteiger partial charge in [0.15, 0.2) is 0 Å². The molecule has 0 heterocycles. The van der Waals surface area contributed by atoms with Gasteiger partial charge in [-0.2, -0.15) is 0 Å². The predicted octanol–water partition coefficient (Wildman–Crippen LogP) is 2.26. The Kier molecular flexibility index (Phi) is 18.7. The Balaban J connectivity index is 1.64. The molecule has 0 aliphatic rings.